The second-order valence-corrected chi connectivity index (χ2v) is 5.26. The minimum absolute atomic E-state index is 0.0381. The van der Waals surface area contributed by atoms with Crippen LogP contribution in [0.3, 0.4) is 0 Å². The van der Waals surface area contributed by atoms with Crippen molar-refractivity contribution in [3.05, 3.63) is 30.3 Å². The van der Waals surface area contributed by atoms with Crippen molar-refractivity contribution in [3.8, 4) is 0 Å². The first kappa shape index (κ1) is 10.5. The fraction of sp³-hybridized carbons (Fsp3) is 0.364. The van der Waals surface area contributed by atoms with Gasteiger partial charge in [0.05, 0.1) is 0 Å². The van der Waals surface area contributed by atoms with Gasteiger partial charge >= 0.3 is 85.4 Å². The normalized spacial score (nSPS) is 9.92. The van der Waals surface area contributed by atoms with E-state index in [0.717, 1.165) is 19.3 Å². The number of carbonyl (C=O) groups excluding carboxylic acids is 1. The third-order valence-electron chi connectivity index (χ3n) is 1.71. The van der Waals surface area contributed by atoms with Crippen LogP contribution in [0.4, 0.5) is 0 Å². The summed E-state index contributed by atoms with van der Waals surface area (Å²) in [7, 11) is 0. The zero-order chi connectivity index (χ0) is 9.52. The second-order valence-electron chi connectivity index (χ2n) is 2.89. The summed E-state index contributed by atoms with van der Waals surface area (Å²) in [6, 6.07) is 10.0. The first-order valence-corrected chi connectivity index (χ1v) is 6.30. The zero-order valence-corrected chi connectivity index (χ0v) is 9.54. The summed E-state index contributed by atoms with van der Waals surface area (Å²) >= 11 is 0.0381. The second kappa shape index (κ2) is 5.95. The molecule has 0 radical (unpaired) electrons. The first-order chi connectivity index (χ1) is 6.33. The number of benzene rings is 1. The van der Waals surface area contributed by atoms with Crippen molar-refractivity contribution in [2.24, 2.45) is 0 Å². The summed E-state index contributed by atoms with van der Waals surface area (Å²) in [5, 5.41) is 0. The Kier molecular flexibility index (Phi) is 4.80. The number of rotatable bonds is 5. The molecule has 1 aromatic rings. The molecule has 0 amide bonds. The van der Waals surface area contributed by atoms with Crippen molar-refractivity contribution in [1.29, 1.82) is 0 Å². The standard InChI is InChI=1S/C11H14OSe/c1-2-3-9-11(12)13-10-7-5-4-6-8-10/h4-8H,2-3,9H2,1H3. The summed E-state index contributed by atoms with van der Waals surface area (Å²) in [5.41, 5.74) is 0. The van der Waals surface area contributed by atoms with E-state index in [2.05, 4.69) is 6.92 Å². The van der Waals surface area contributed by atoms with Crippen molar-refractivity contribution in [2.45, 2.75) is 26.2 Å². The van der Waals surface area contributed by atoms with Crippen LogP contribution in [0.5, 0.6) is 0 Å². The summed E-state index contributed by atoms with van der Waals surface area (Å²) in [5.74, 6) is 0. The van der Waals surface area contributed by atoms with Crippen LogP contribution in [0, 0.1) is 0 Å². The maximum absolute atomic E-state index is 11.4. The number of hydrogen-bond acceptors (Lipinski definition) is 1. The molecule has 0 bridgehead atoms. The molecule has 0 spiro atoms. The molecule has 0 unspecified atom stereocenters. The molecule has 0 aromatic heterocycles. The third kappa shape index (κ3) is 4.25. The van der Waals surface area contributed by atoms with Crippen LogP contribution in [0.1, 0.15) is 26.2 Å². The Morgan fingerprint density at radius 1 is 1.31 bits per heavy atom. The molecule has 1 aromatic carbocycles. The van der Waals surface area contributed by atoms with Crippen LogP contribution in [0.25, 0.3) is 0 Å². The van der Waals surface area contributed by atoms with E-state index in [9.17, 15) is 4.79 Å². The van der Waals surface area contributed by atoms with Gasteiger partial charge in [0.2, 0.25) is 0 Å². The van der Waals surface area contributed by atoms with Crippen LogP contribution >= 0.6 is 0 Å². The summed E-state index contributed by atoms with van der Waals surface area (Å²) in [4.78, 5) is 11.4. The Bertz CT molecular complexity index is 256. The van der Waals surface area contributed by atoms with Gasteiger partial charge in [-0.05, 0) is 0 Å². The first-order valence-electron chi connectivity index (χ1n) is 4.58. The monoisotopic (exact) mass is 242 g/mol. The molecule has 0 aliphatic carbocycles. The Hall–Kier alpha value is -0.591. The Balaban J connectivity index is 2.37. The van der Waals surface area contributed by atoms with Gasteiger partial charge in [-0.3, -0.25) is 0 Å². The van der Waals surface area contributed by atoms with E-state index in [0.29, 0.717) is 4.68 Å². The number of unbranched alkanes of at least 4 members (excludes halogenated alkanes) is 1. The van der Waals surface area contributed by atoms with E-state index < -0.39 is 0 Å². The Morgan fingerprint density at radius 2 is 2.00 bits per heavy atom. The summed E-state index contributed by atoms with van der Waals surface area (Å²) < 4.78 is 1.61. The number of carbonyl (C=O) groups is 1. The van der Waals surface area contributed by atoms with Crippen molar-refractivity contribution in [3.63, 3.8) is 0 Å². The SMILES string of the molecule is CCCCC(=O)[Se]c1ccccc1. The molecule has 0 fully saturated rings. The molecule has 2 heteroatoms. The quantitative estimate of drug-likeness (QED) is 0.717. The van der Waals surface area contributed by atoms with E-state index >= 15 is 0 Å². The molecule has 0 heterocycles. The fourth-order valence-electron chi connectivity index (χ4n) is 0.992. The summed E-state index contributed by atoms with van der Waals surface area (Å²) in [6.45, 7) is 2.11. The van der Waals surface area contributed by atoms with Crippen LogP contribution in [0.15, 0.2) is 30.3 Å². The van der Waals surface area contributed by atoms with Gasteiger partial charge in [-0.1, -0.05) is 0 Å². The molecular formula is C11H14OSe. The van der Waals surface area contributed by atoms with Crippen LogP contribution < -0.4 is 4.46 Å². The predicted molar refractivity (Wildman–Crippen MR) is 56.4 cm³/mol. The molecule has 0 atom stereocenters. The molecule has 13 heavy (non-hydrogen) atoms. The van der Waals surface area contributed by atoms with Crippen LogP contribution in [0.2, 0.25) is 0 Å². The summed E-state index contributed by atoms with van der Waals surface area (Å²) in [6.07, 6.45) is 2.90. The van der Waals surface area contributed by atoms with Crippen molar-refractivity contribution in [2.75, 3.05) is 0 Å². The average Bonchev–Trinajstić information content (AvgIpc) is 2.16. The molecule has 1 nitrogen and oxygen atoms in total. The third-order valence-corrected chi connectivity index (χ3v) is 3.68. The van der Waals surface area contributed by atoms with E-state index in [4.69, 9.17) is 0 Å². The maximum atomic E-state index is 11.4. The fourth-order valence-corrected chi connectivity index (χ4v) is 2.68. The van der Waals surface area contributed by atoms with Gasteiger partial charge in [0.25, 0.3) is 0 Å². The minimum atomic E-state index is 0.0381. The predicted octanol–water partition coefficient (Wildman–Crippen LogP) is 1.73. The average molecular weight is 241 g/mol. The van der Waals surface area contributed by atoms with Crippen LogP contribution in [-0.2, 0) is 4.79 Å². The van der Waals surface area contributed by atoms with Gasteiger partial charge in [-0.2, -0.15) is 0 Å². The molecule has 0 saturated heterocycles. The molecule has 0 aliphatic heterocycles. The topological polar surface area (TPSA) is 17.1 Å². The Morgan fingerprint density at radius 3 is 2.62 bits per heavy atom. The molecule has 0 saturated carbocycles. The van der Waals surface area contributed by atoms with Gasteiger partial charge in [0.1, 0.15) is 0 Å². The zero-order valence-electron chi connectivity index (χ0n) is 7.82. The molecule has 0 aliphatic rings. The van der Waals surface area contributed by atoms with E-state index in [-0.39, 0.29) is 15.0 Å². The molecule has 70 valence electrons. The van der Waals surface area contributed by atoms with Crippen molar-refractivity contribution in [1.82, 2.24) is 0 Å². The van der Waals surface area contributed by atoms with Gasteiger partial charge in [0.15, 0.2) is 0 Å². The van der Waals surface area contributed by atoms with Gasteiger partial charge in [0, 0.05) is 0 Å². The number of hydrogen-bond donors (Lipinski definition) is 0. The van der Waals surface area contributed by atoms with E-state index in [1.54, 1.807) is 0 Å². The van der Waals surface area contributed by atoms with Gasteiger partial charge in [-0.15, -0.1) is 0 Å². The van der Waals surface area contributed by atoms with Crippen LogP contribution in [-0.4, -0.2) is 19.6 Å². The van der Waals surface area contributed by atoms with Gasteiger partial charge in [-0.25, -0.2) is 0 Å². The van der Waals surface area contributed by atoms with E-state index in [1.165, 1.54) is 4.46 Å². The van der Waals surface area contributed by atoms with Crippen molar-refractivity contribution < 1.29 is 4.79 Å². The Labute approximate surface area is 85.7 Å². The van der Waals surface area contributed by atoms with Crippen molar-refractivity contribution >= 4 is 24.1 Å². The van der Waals surface area contributed by atoms with E-state index in [1.807, 2.05) is 30.3 Å². The van der Waals surface area contributed by atoms with Gasteiger partial charge < -0.3 is 0 Å². The molecule has 1 rings (SSSR count). The molecule has 0 N–H and O–H groups in total. The molecular weight excluding hydrogens is 227 g/mol.